The fourth-order valence-electron chi connectivity index (χ4n) is 4.18. The molecule has 10 heteroatoms. The van der Waals surface area contributed by atoms with Crippen LogP contribution < -0.4 is 10.2 Å². The van der Waals surface area contributed by atoms with E-state index in [1.165, 1.54) is 31.3 Å². The van der Waals surface area contributed by atoms with Gasteiger partial charge in [0.1, 0.15) is 11.5 Å². The molecule has 192 valence electrons. The van der Waals surface area contributed by atoms with Crippen molar-refractivity contribution in [1.29, 1.82) is 0 Å². The lowest BCUT2D eigenvalue weighted by atomic mass is 10.0. The summed E-state index contributed by atoms with van der Waals surface area (Å²) in [5.74, 6) is -0.177. The molecule has 4 rings (SSSR count). The Balaban J connectivity index is 1.41. The summed E-state index contributed by atoms with van der Waals surface area (Å²) in [5.41, 5.74) is 3.45. The van der Waals surface area contributed by atoms with Gasteiger partial charge in [0, 0.05) is 43.6 Å². The second-order valence-corrected chi connectivity index (χ2v) is 9.17. The maximum absolute atomic E-state index is 12.7. The number of aromatic hydroxyl groups is 1. The van der Waals surface area contributed by atoms with Crippen molar-refractivity contribution in [2.24, 2.45) is 5.10 Å². The van der Waals surface area contributed by atoms with Gasteiger partial charge in [-0.15, -0.1) is 0 Å². The molecule has 0 aromatic heterocycles. The number of likely N-dealkylation sites (N-methyl/N-ethyl adjacent to an activating group) is 1. The number of ether oxygens (including phenoxy) is 1. The molecule has 9 nitrogen and oxygen atoms in total. The molecule has 0 saturated carbocycles. The first kappa shape index (κ1) is 26.0. The van der Waals surface area contributed by atoms with Gasteiger partial charge in [0.25, 0.3) is 11.8 Å². The van der Waals surface area contributed by atoms with E-state index >= 15 is 0 Å². The van der Waals surface area contributed by atoms with Crippen LogP contribution in [-0.4, -0.2) is 71.6 Å². The monoisotopic (exact) mass is 522 g/mol. The van der Waals surface area contributed by atoms with Gasteiger partial charge in [-0.05, 0) is 42.1 Å². The maximum atomic E-state index is 12.7. The number of phenolic OH excluding ortho intramolecular Hbond substituents is 1. The number of carbonyl (C=O) groups is 3. The van der Waals surface area contributed by atoms with Gasteiger partial charge in [-0.3, -0.25) is 14.4 Å². The second-order valence-electron chi connectivity index (χ2n) is 8.76. The Morgan fingerprint density at radius 1 is 1.19 bits per heavy atom. The number of hydrogen-bond acceptors (Lipinski definition) is 6. The fraction of sp³-hybridized carbons (Fsp3) is 0.259. The van der Waals surface area contributed by atoms with Gasteiger partial charge in [-0.25, -0.2) is 5.43 Å². The van der Waals surface area contributed by atoms with Gasteiger partial charge in [0.15, 0.2) is 6.61 Å². The van der Waals surface area contributed by atoms with E-state index in [0.717, 1.165) is 22.8 Å². The van der Waals surface area contributed by atoms with Gasteiger partial charge in [0.05, 0.1) is 17.3 Å². The summed E-state index contributed by atoms with van der Waals surface area (Å²) in [7, 11) is 1.75. The molecule has 0 bridgehead atoms. The predicted octanol–water partition coefficient (Wildman–Crippen LogP) is 3.42. The third kappa shape index (κ3) is 6.00. The topological polar surface area (TPSA) is 112 Å². The Labute approximate surface area is 219 Å². The van der Waals surface area contributed by atoms with Crippen molar-refractivity contribution in [2.75, 3.05) is 26.7 Å². The van der Waals surface area contributed by atoms with E-state index < -0.39 is 5.91 Å². The van der Waals surface area contributed by atoms with Crippen molar-refractivity contribution >= 4 is 46.3 Å². The quantitative estimate of drug-likeness (QED) is 0.365. The number of rotatable bonds is 7. The molecule has 0 spiro atoms. The minimum absolute atomic E-state index is 0.0186. The van der Waals surface area contributed by atoms with Crippen LogP contribution in [0.1, 0.15) is 29.3 Å². The third-order valence-electron chi connectivity index (χ3n) is 6.41. The van der Waals surface area contributed by atoms with Gasteiger partial charge >= 0.3 is 0 Å². The Morgan fingerprint density at radius 2 is 1.95 bits per heavy atom. The number of hydrogen-bond donors (Lipinski definition) is 2. The Morgan fingerprint density at radius 3 is 2.68 bits per heavy atom. The molecule has 1 aliphatic rings. The SMILES string of the molecule is CC(=O)N(C)C1CCN(C(=O)COc2ccc(/C=N/NC(=O)c3ccc(O)c(Cl)c3)c3ccccc23)C1. The molecule has 0 aliphatic carbocycles. The van der Waals surface area contributed by atoms with Gasteiger partial charge in [0.2, 0.25) is 5.91 Å². The van der Waals surface area contributed by atoms with Crippen LogP contribution in [0.3, 0.4) is 0 Å². The summed E-state index contributed by atoms with van der Waals surface area (Å²) in [4.78, 5) is 40.1. The first-order chi connectivity index (χ1) is 17.7. The first-order valence-corrected chi connectivity index (χ1v) is 12.1. The minimum atomic E-state index is -0.473. The van der Waals surface area contributed by atoms with Crippen LogP contribution in [0.4, 0.5) is 0 Å². The zero-order valence-corrected chi connectivity index (χ0v) is 21.2. The predicted molar refractivity (Wildman–Crippen MR) is 141 cm³/mol. The molecular weight excluding hydrogens is 496 g/mol. The van der Waals surface area contributed by atoms with Crippen LogP contribution >= 0.6 is 11.6 Å². The molecule has 3 aromatic carbocycles. The van der Waals surface area contributed by atoms with Crippen LogP contribution in [0.5, 0.6) is 11.5 Å². The van der Waals surface area contributed by atoms with E-state index in [1.807, 2.05) is 24.3 Å². The number of phenols is 1. The van der Waals surface area contributed by atoms with E-state index in [0.29, 0.717) is 18.8 Å². The maximum Gasteiger partial charge on any atom is 0.271 e. The highest BCUT2D eigenvalue weighted by molar-refractivity contribution is 6.32. The normalized spacial score (nSPS) is 15.2. The van der Waals surface area contributed by atoms with Crippen LogP contribution in [0.15, 0.2) is 59.7 Å². The minimum Gasteiger partial charge on any atom is -0.506 e. The summed E-state index contributed by atoms with van der Waals surface area (Å²) in [6, 6.07) is 15.2. The third-order valence-corrected chi connectivity index (χ3v) is 6.71. The van der Waals surface area contributed by atoms with Crippen LogP contribution in [0.2, 0.25) is 5.02 Å². The Hall–Kier alpha value is -4.11. The van der Waals surface area contributed by atoms with Crippen LogP contribution in [0, 0.1) is 0 Å². The highest BCUT2D eigenvalue weighted by Gasteiger charge is 2.30. The van der Waals surface area contributed by atoms with Gasteiger partial charge < -0.3 is 19.6 Å². The summed E-state index contributed by atoms with van der Waals surface area (Å²) in [6.07, 6.45) is 2.27. The Kier molecular flexibility index (Phi) is 7.93. The van der Waals surface area contributed by atoms with E-state index in [1.54, 1.807) is 29.0 Å². The van der Waals surface area contributed by atoms with Crippen LogP contribution in [-0.2, 0) is 9.59 Å². The largest absolute Gasteiger partial charge is 0.506 e. The van der Waals surface area contributed by atoms with E-state index in [-0.39, 0.29) is 40.8 Å². The molecule has 3 amide bonds. The molecule has 1 fully saturated rings. The van der Waals surface area contributed by atoms with Crippen LogP contribution in [0.25, 0.3) is 10.8 Å². The number of carbonyl (C=O) groups excluding carboxylic acids is 3. The highest BCUT2D eigenvalue weighted by Crippen LogP contribution is 2.28. The molecule has 3 aromatic rings. The first-order valence-electron chi connectivity index (χ1n) is 11.7. The van der Waals surface area contributed by atoms with Crippen molar-refractivity contribution in [3.05, 3.63) is 70.7 Å². The molecule has 2 N–H and O–H groups in total. The van der Waals surface area contributed by atoms with E-state index in [2.05, 4.69) is 10.5 Å². The number of nitrogens with zero attached hydrogens (tertiary/aromatic N) is 3. The summed E-state index contributed by atoms with van der Waals surface area (Å²) < 4.78 is 5.89. The standard InChI is InChI=1S/C27H27ClN4O5/c1-17(33)31(2)20-11-12-32(15-20)26(35)16-37-25-10-8-19(21-5-3-4-6-22(21)25)14-29-30-27(36)18-7-9-24(34)23(28)13-18/h3-10,13-14,20,34H,11-12,15-16H2,1-2H3,(H,30,36)/b29-14+. The molecule has 1 aliphatic heterocycles. The summed E-state index contributed by atoms with van der Waals surface area (Å²) >= 11 is 5.86. The van der Waals surface area contributed by atoms with Crippen molar-refractivity contribution in [3.63, 3.8) is 0 Å². The molecule has 37 heavy (non-hydrogen) atoms. The van der Waals surface area contributed by atoms with Crippen molar-refractivity contribution < 1.29 is 24.2 Å². The van der Waals surface area contributed by atoms with Crippen molar-refractivity contribution in [1.82, 2.24) is 15.2 Å². The number of likely N-dealkylation sites (tertiary alicyclic amines) is 1. The Bertz CT molecular complexity index is 1380. The molecule has 1 unspecified atom stereocenters. The van der Waals surface area contributed by atoms with Gasteiger partial charge in [-0.1, -0.05) is 35.9 Å². The summed E-state index contributed by atoms with van der Waals surface area (Å²) in [6.45, 7) is 2.49. The zero-order chi connectivity index (χ0) is 26.5. The number of halogens is 1. The number of hydrazone groups is 1. The van der Waals surface area contributed by atoms with E-state index in [4.69, 9.17) is 16.3 Å². The number of benzene rings is 3. The molecule has 1 atom stereocenters. The smallest absolute Gasteiger partial charge is 0.271 e. The lowest BCUT2D eigenvalue weighted by Crippen LogP contribution is -2.40. The summed E-state index contributed by atoms with van der Waals surface area (Å²) in [5, 5.41) is 15.3. The van der Waals surface area contributed by atoms with Crippen molar-refractivity contribution in [2.45, 2.75) is 19.4 Å². The lowest BCUT2D eigenvalue weighted by molar-refractivity contribution is -0.134. The average molecular weight is 523 g/mol. The molecule has 1 saturated heterocycles. The number of fused-ring (bicyclic) bond motifs is 1. The average Bonchev–Trinajstić information content (AvgIpc) is 3.39. The fourth-order valence-corrected chi connectivity index (χ4v) is 4.36. The van der Waals surface area contributed by atoms with Gasteiger partial charge in [-0.2, -0.15) is 5.10 Å². The van der Waals surface area contributed by atoms with Crippen molar-refractivity contribution in [3.8, 4) is 11.5 Å². The number of amides is 3. The van der Waals surface area contributed by atoms with E-state index in [9.17, 15) is 19.5 Å². The molecular formula is C27H27ClN4O5. The highest BCUT2D eigenvalue weighted by atomic mass is 35.5. The zero-order valence-electron chi connectivity index (χ0n) is 20.5. The second kappa shape index (κ2) is 11.3. The molecule has 0 radical (unpaired) electrons. The molecule has 1 heterocycles. The lowest BCUT2D eigenvalue weighted by Gasteiger charge is -2.23. The number of nitrogens with one attached hydrogen (secondary N) is 1.